The summed E-state index contributed by atoms with van der Waals surface area (Å²) in [5.74, 6) is -1.60. The molecule has 1 N–H and O–H groups in total. The molecule has 1 atom stereocenters. The predicted octanol–water partition coefficient (Wildman–Crippen LogP) is 2.06. The number of ether oxygens (including phenoxy) is 1. The van der Waals surface area contributed by atoms with Crippen molar-refractivity contribution in [3.8, 4) is 0 Å². The Morgan fingerprint density at radius 1 is 1.50 bits per heavy atom. The lowest BCUT2D eigenvalue weighted by Crippen LogP contribution is -2.26. The highest BCUT2D eigenvalue weighted by atomic mass is 16.6. The van der Waals surface area contributed by atoms with Gasteiger partial charge in [-0.15, -0.1) is 0 Å². The van der Waals surface area contributed by atoms with Crippen molar-refractivity contribution in [3.63, 3.8) is 0 Å². The molecular weight excluding hydrogens is 204 g/mol. The Morgan fingerprint density at radius 2 is 2.19 bits per heavy atom. The average molecular weight is 221 g/mol. The maximum atomic E-state index is 11.8. The zero-order valence-corrected chi connectivity index (χ0v) is 9.06. The summed E-state index contributed by atoms with van der Waals surface area (Å²) in [5, 5.41) is 9.25. The van der Waals surface area contributed by atoms with Gasteiger partial charge in [-0.25, -0.2) is 0 Å². The zero-order chi connectivity index (χ0) is 12.3. The molecule has 16 heavy (non-hydrogen) atoms. The molecule has 1 aromatic carbocycles. The minimum absolute atomic E-state index is 0.258. The molecule has 1 saturated carbocycles. The molecule has 0 spiro atoms. The highest BCUT2D eigenvalue weighted by molar-refractivity contribution is 5.73. The highest BCUT2D eigenvalue weighted by Crippen LogP contribution is 2.29. The van der Waals surface area contributed by atoms with Gasteiger partial charge in [-0.1, -0.05) is 36.8 Å². The fraction of sp³-hybridized carbons (Fsp3) is 0.462. The summed E-state index contributed by atoms with van der Waals surface area (Å²) in [5.41, 5.74) is 0.756. The molecule has 3 nitrogen and oxygen atoms in total. The van der Waals surface area contributed by atoms with E-state index >= 15 is 0 Å². The van der Waals surface area contributed by atoms with E-state index in [1.165, 1.54) is 0 Å². The van der Waals surface area contributed by atoms with Gasteiger partial charge in [0.25, 0.3) is 0 Å². The maximum absolute atomic E-state index is 11.8. The van der Waals surface area contributed by atoms with Gasteiger partial charge in [0.15, 0.2) is 0 Å². The van der Waals surface area contributed by atoms with Gasteiger partial charge in [0.05, 0.1) is 12.5 Å². The second kappa shape index (κ2) is 5.12. The normalized spacial score (nSPS) is 20.4. The molecule has 1 fully saturated rings. The van der Waals surface area contributed by atoms with Gasteiger partial charge in [0.2, 0.25) is 0 Å². The van der Waals surface area contributed by atoms with Crippen molar-refractivity contribution in [2.45, 2.75) is 25.4 Å². The fourth-order valence-electron chi connectivity index (χ4n) is 1.65. The van der Waals surface area contributed by atoms with E-state index in [0.29, 0.717) is 12.8 Å². The number of aliphatic hydroxyl groups excluding tert-OH is 1. The van der Waals surface area contributed by atoms with E-state index in [-0.39, 0.29) is 6.61 Å². The van der Waals surface area contributed by atoms with E-state index in [0.717, 1.165) is 12.0 Å². The number of carbonyl (C=O) groups excluding carboxylic acids is 1. The standard InChI is InChI=1S/C13H16O3/c14-9-12(10-5-2-1-3-6-10)16-13(15)11-7-4-8-11/h1-3,5-6,11-12,14H,4,7-9H2/i11D. The smallest absolute Gasteiger partial charge is 0.309 e. The van der Waals surface area contributed by atoms with Gasteiger partial charge in [-0.3, -0.25) is 4.79 Å². The van der Waals surface area contributed by atoms with Crippen LogP contribution < -0.4 is 0 Å². The van der Waals surface area contributed by atoms with Crippen molar-refractivity contribution in [1.29, 1.82) is 0 Å². The molecular formula is C13H16O3. The SMILES string of the molecule is [2H]C1(C(=O)OC(CO)c2ccccc2)CCC1. The maximum Gasteiger partial charge on any atom is 0.309 e. The Bertz CT molecular complexity index is 387. The Labute approximate surface area is 96.5 Å². The van der Waals surface area contributed by atoms with Crippen LogP contribution in [0.5, 0.6) is 0 Å². The fourth-order valence-corrected chi connectivity index (χ4v) is 1.65. The largest absolute Gasteiger partial charge is 0.455 e. The quantitative estimate of drug-likeness (QED) is 0.792. The Hall–Kier alpha value is -1.35. The van der Waals surface area contributed by atoms with Crippen LogP contribution in [-0.2, 0) is 9.53 Å². The molecule has 0 radical (unpaired) electrons. The van der Waals surface area contributed by atoms with Crippen molar-refractivity contribution in [3.05, 3.63) is 35.9 Å². The van der Waals surface area contributed by atoms with Crippen molar-refractivity contribution >= 4 is 5.97 Å². The second-order valence-electron chi connectivity index (χ2n) is 3.94. The van der Waals surface area contributed by atoms with Crippen LogP contribution in [0.15, 0.2) is 30.3 Å². The second-order valence-corrected chi connectivity index (χ2v) is 3.94. The number of hydrogen-bond acceptors (Lipinski definition) is 3. The van der Waals surface area contributed by atoms with Gasteiger partial charge in [0, 0.05) is 1.37 Å². The lowest BCUT2D eigenvalue weighted by molar-refractivity contribution is -0.159. The molecule has 0 amide bonds. The van der Waals surface area contributed by atoms with Crippen LogP contribution in [0.2, 0.25) is 0 Å². The number of rotatable bonds is 4. The number of carbonyl (C=O) groups is 1. The first-order chi connectivity index (χ1) is 8.15. The minimum atomic E-state index is -1.08. The van der Waals surface area contributed by atoms with E-state index in [2.05, 4.69) is 0 Å². The van der Waals surface area contributed by atoms with Gasteiger partial charge < -0.3 is 9.84 Å². The lowest BCUT2D eigenvalue weighted by Gasteiger charge is -2.26. The van der Waals surface area contributed by atoms with Gasteiger partial charge in [-0.05, 0) is 18.4 Å². The Balaban J connectivity index is 2.03. The van der Waals surface area contributed by atoms with E-state index in [1.54, 1.807) is 12.1 Å². The van der Waals surface area contributed by atoms with E-state index in [1.807, 2.05) is 18.2 Å². The lowest BCUT2D eigenvalue weighted by atomic mass is 9.85. The number of hydrogen-bond donors (Lipinski definition) is 1. The molecule has 0 saturated heterocycles. The number of aliphatic hydroxyl groups is 1. The Kier molecular flexibility index (Phi) is 3.15. The van der Waals surface area contributed by atoms with Crippen molar-refractivity contribution in [1.82, 2.24) is 0 Å². The number of esters is 1. The third-order valence-electron chi connectivity index (χ3n) is 2.83. The van der Waals surface area contributed by atoms with Gasteiger partial charge >= 0.3 is 5.97 Å². The third-order valence-corrected chi connectivity index (χ3v) is 2.83. The first-order valence-corrected chi connectivity index (χ1v) is 5.52. The summed E-state index contributed by atoms with van der Waals surface area (Å²) in [6, 6.07) is 9.10. The van der Waals surface area contributed by atoms with Crippen molar-refractivity contribution < 1.29 is 16.0 Å². The van der Waals surface area contributed by atoms with Crippen molar-refractivity contribution in [2.24, 2.45) is 5.89 Å². The van der Waals surface area contributed by atoms with E-state index in [9.17, 15) is 9.90 Å². The summed E-state index contributed by atoms with van der Waals surface area (Å²) in [6.07, 6.45) is 1.34. The van der Waals surface area contributed by atoms with Crippen LogP contribution >= 0.6 is 0 Å². The van der Waals surface area contributed by atoms with Crippen LogP contribution in [-0.4, -0.2) is 17.7 Å². The minimum Gasteiger partial charge on any atom is -0.455 e. The molecule has 2 rings (SSSR count). The van der Waals surface area contributed by atoms with Crippen molar-refractivity contribution in [2.75, 3.05) is 6.61 Å². The van der Waals surface area contributed by atoms with E-state index in [4.69, 9.17) is 6.11 Å². The first-order valence-electron chi connectivity index (χ1n) is 6.02. The summed E-state index contributed by atoms with van der Waals surface area (Å²) in [4.78, 5) is 11.8. The molecule has 0 bridgehead atoms. The summed E-state index contributed by atoms with van der Waals surface area (Å²) in [6.45, 7) is -0.258. The summed E-state index contributed by atoms with van der Waals surface area (Å²) in [7, 11) is 0. The molecule has 1 aromatic rings. The summed E-state index contributed by atoms with van der Waals surface area (Å²) < 4.78 is 13.1. The molecule has 1 unspecified atom stereocenters. The molecule has 1 aliphatic rings. The third kappa shape index (κ3) is 2.42. The molecule has 0 heterocycles. The monoisotopic (exact) mass is 221 g/mol. The average Bonchev–Trinajstić information content (AvgIpc) is 2.33. The predicted molar refractivity (Wildman–Crippen MR) is 59.7 cm³/mol. The molecule has 0 aliphatic heterocycles. The molecule has 1 aliphatic carbocycles. The van der Waals surface area contributed by atoms with Crippen LogP contribution in [0.4, 0.5) is 0 Å². The number of benzene rings is 1. The zero-order valence-electron chi connectivity index (χ0n) is 10.1. The van der Waals surface area contributed by atoms with Crippen LogP contribution in [0.3, 0.4) is 0 Å². The topological polar surface area (TPSA) is 46.5 Å². The molecule has 0 aromatic heterocycles. The van der Waals surface area contributed by atoms with Crippen LogP contribution in [0.1, 0.15) is 32.3 Å². The van der Waals surface area contributed by atoms with E-state index < -0.39 is 18.0 Å². The highest BCUT2D eigenvalue weighted by Gasteiger charge is 2.28. The summed E-state index contributed by atoms with van der Waals surface area (Å²) >= 11 is 0. The first kappa shape index (κ1) is 9.85. The molecule has 3 heteroatoms. The Morgan fingerprint density at radius 3 is 2.69 bits per heavy atom. The molecule has 86 valence electrons. The van der Waals surface area contributed by atoms with Crippen LogP contribution in [0.25, 0.3) is 0 Å². The van der Waals surface area contributed by atoms with Crippen LogP contribution in [0, 0.1) is 5.89 Å². The van der Waals surface area contributed by atoms with Gasteiger partial charge in [-0.2, -0.15) is 0 Å². The van der Waals surface area contributed by atoms with Gasteiger partial charge in [0.1, 0.15) is 6.10 Å².